The van der Waals surface area contributed by atoms with Crippen LogP contribution in [0.15, 0.2) is 35.0 Å². The minimum absolute atomic E-state index is 0.147. The summed E-state index contributed by atoms with van der Waals surface area (Å²) in [6, 6.07) is 7.80. The maximum atomic E-state index is 13.9. The maximum absolute atomic E-state index is 13.9. The minimum atomic E-state index is -0.147. The van der Waals surface area contributed by atoms with Crippen LogP contribution in [0.2, 0.25) is 0 Å². The average Bonchev–Trinajstić information content (AvgIpc) is 2.79. The molecule has 0 radical (unpaired) electrons. The maximum Gasteiger partial charge on any atom is 0.131 e. The third kappa shape index (κ3) is 3.14. The van der Waals surface area contributed by atoms with Gasteiger partial charge in [-0.15, -0.1) is 0 Å². The Morgan fingerprint density at radius 1 is 1.29 bits per heavy atom. The van der Waals surface area contributed by atoms with E-state index >= 15 is 0 Å². The van der Waals surface area contributed by atoms with E-state index in [1.54, 1.807) is 17.4 Å². The molecule has 0 unspecified atom stereocenters. The first-order valence-electron chi connectivity index (χ1n) is 5.71. The molecule has 1 aromatic carbocycles. The van der Waals surface area contributed by atoms with Gasteiger partial charge in [0.25, 0.3) is 0 Å². The number of benzene rings is 1. The third-order valence-electron chi connectivity index (χ3n) is 2.58. The Morgan fingerprint density at radius 3 is 2.71 bits per heavy atom. The molecule has 1 heterocycles. The lowest BCUT2D eigenvalue weighted by molar-refractivity contribution is 0.582. The summed E-state index contributed by atoms with van der Waals surface area (Å²) in [6.45, 7) is 4.87. The predicted molar refractivity (Wildman–Crippen MR) is 71.7 cm³/mol. The van der Waals surface area contributed by atoms with E-state index in [4.69, 9.17) is 0 Å². The molecule has 0 aliphatic carbocycles. The lowest BCUT2D eigenvalue weighted by Gasteiger charge is -2.09. The first kappa shape index (κ1) is 12.3. The SMILES string of the molecule is CC(C)NCc1ccc(-c2ccsc2)c(F)c1. The summed E-state index contributed by atoms with van der Waals surface area (Å²) in [7, 11) is 0. The van der Waals surface area contributed by atoms with Crippen molar-refractivity contribution in [2.45, 2.75) is 26.4 Å². The third-order valence-corrected chi connectivity index (χ3v) is 3.26. The molecule has 3 heteroatoms. The van der Waals surface area contributed by atoms with E-state index in [1.807, 2.05) is 29.0 Å². The minimum Gasteiger partial charge on any atom is -0.310 e. The first-order chi connectivity index (χ1) is 8.16. The Kier molecular flexibility index (Phi) is 3.92. The molecule has 1 N–H and O–H groups in total. The topological polar surface area (TPSA) is 12.0 Å². The monoisotopic (exact) mass is 249 g/mol. The Hall–Kier alpha value is -1.19. The second-order valence-electron chi connectivity index (χ2n) is 4.36. The van der Waals surface area contributed by atoms with E-state index < -0.39 is 0 Å². The lowest BCUT2D eigenvalue weighted by Crippen LogP contribution is -2.21. The fourth-order valence-corrected chi connectivity index (χ4v) is 2.30. The van der Waals surface area contributed by atoms with Crippen LogP contribution in [0.25, 0.3) is 11.1 Å². The molecular weight excluding hydrogens is 233 g/mol. The summed E-state index contributed by atoms with van der Waals surface area (Å²) in [5, 5.41) is 7.20. The molecule has 0 saturated heterocycles. The Balaban J connectivity index is 2.17. The van der Waals surface area contributed by atoms with E-state index in [9.17, 15) is 4.39 Å². The highest BCUT2D eigenvalue weighted by molar-refractivity contribution is 7.08. The van der Waals surface area contributed by atoms with Crippen LogP contribution < -0.4 is 5.32 Å². The van der Waals surface area contributed by atoms with Crippen molar-refractivity contribution in [1.29, 1.82) is 0 Å². The molecule has 0 amide bonds. The van der Waals surface area contributed by atoms with Crippen molar-refractivity contribution in [3.63, 3.8) is 0 Å². The van der Waals surface area contributed by atoms with Gasteiger partial charge in [-0.1, -0.05) is 26.0 Å². The predicted octanol–water partition coefficient (Wildman–Crippen LogP) is 4.05. The highest BCUT2D eigenvalue weighted by atomic mass is 32.1. The molecule has 0 spiro atoms. The molecule has 90 valence electrons. The number of hydrogen-bond acceptors (Lipinski definition) is 2. The fraction of sp³-hybridized carbons (Fsp3) is 0.286. The van der Waals surface area contributed by atoms with Gasteiger partial charge in [-0.2, -0.15) is 11.3 Å². The van der Waals surface area contributed by atoms with Crippen molar-refractivity contribution in [3.05, 3.63) is 46.4 Å². The zero-order valence-electron chi connectivity index (χ0n) is 10.0. The summed E-state index contributed by atoms with van der Waals surface area (Å²) < 4.78 is 13.9. The van der Waals surface area contributed by atoms with Gasteiger partial charge in [-0.25, -0.2) is 4.39 Å². The van der Waals surface area contributed by atoms with Crippen LogP contribution in [0.5, 0.6) is 0 Å². The van der Waals surface area contributed by atoms with Gasteiger partial charge in [0.1, 0.15) is 5.82 Å². The molecule has 17 heavy (non-hydrogen) atoms. The van der Waals surface area contributed by atoms with Crippen LogP contribution in [0.1, 0.15) is 19.4 Å². The van der Waals surface area contributed by atoms with Crippen molar-refractivity contribution in [3.8, 4) is 11.1 Å². The quantitative estimate of drug-likeness (QED) is 0.862. The van der Waals surface area contributed by atoms with Crippen LogP contribution in [-0.2, 0) is 6.54 Å². The van der Waals surface area contributed by atoms with Crippen LogP contribution in [0, 0.1) is 5.82 Å². The van der Waals surface area contributed by atoms with Crippen LogP contribution >= 0.6 is 11.3 Å². The largest absolute Gasteiger partial charge is 0.310 e. The summed E-state index contributed by atoms with van der Waals surface area (Å²) in [5.41, 5.74) is 2.62. The zero-order valence-corrected chi connectivity index (χ0v) is 10.9. The molecule has 2 aromatic rings. The molecule has 1 aromatic heterocycles. The molecule has 0 aliphatic heterocycles. The summed E-state index contributed by atoms with van der Waals surface area (Å²) >= 11 is 1.58. The van der Waals surface area contributed by atoms with E-state index in [-0.39, 0.29) is 5.82 Å². The van der Waals surface area contributed by atoms with Gasteiger partial charge in [0.15, 0.2) is 0 Å². The first-order valence-corrected chi connectivity index (χ1v) is 6.65. The van der Waals surface area contributed by atoms with Crippen molar-refractivity contribution < 1.29 is 4.39 Å². The second kappa shape index (κ2) is 5.43. The molecular formula is C14H16FNS. The van der Waals surface area contributed by atoms with Gasteiger partial charge < -0.3 is 5.32 Å². The number of halogens is 1. The number of thiophene rings is 1. The smallest absolute Gasteiger partial charge is 0.131 e. The molecule has 0 fully saturated rings. The second-order valence-corrected chi connectivity index (χ2v) is 5.14. The molecule has 0 aliphatic rings. The van der Waals surface area contributed by atoms with Crippen molar-refractivity contribution in [2.75, 3.05) is 0 Å². The van der Waals surface area contributed by atoms with Gasteiger partial charge in [0.2, 0.25) is 0 Å². The van der Waals surface area contributed by atoms with Gasteiger partial charge in [-0.3, -0.25) is 0 Å². The van der Waals surface area contributed by atoms with Gasteiger partial charge >= 0.3 is 0 Å². The van der Waals surface area contributed by atoms with Crippen molar-refractivity contribution >= 4 is 11.3 Å². The van der Waals surface area contributed by atoms with E-state index in [0.717, 1.165) is 11.1 Å². The van der Waals surface area contributed by atoms with Crippen LogP contribution in [-0.4, -0.2) is 6.04 Å². The van der Waals surface area contributed by atoms with Gasteiger partial charge in [0.05, 0.1) is 0 Å². The number of nitrogens with one attached hydrogen (secondary N) is 1. The highest BCUT2D eigenvalue weighted by Gasteiger charge is 2.06. The molecule has 0 saturated carbocycles. The normalized spacial score (nSPS) is 11.1. The molecule has 0 bridgehead atoms. The van der Waals surface area contributed by atoms with E-state index in [2.05, 4.69) is 19.2 Å². The van der Waals surface area contributed by atoms with Crippen LogP contribution in [0.4, 0.5) is 4.39 Å². The van der Waals surface area contributed by atoms with Crippen molar-refractivity contribution in [2.24, 2.45) is 0 Å². The van der Waals surface area contributed by atoms with Gasteiger partial charge in [-0.05, 0) is 34.0 Å². The number of rotatable bonds is 4. The summed E-state index contributed by atoms with van der Waals surface area (Å²) in [6.07, 6.45) is 0. The Labute approximate surface area is 105 Å². The summed E-state index contributed by atoms with van der Waals surface area (Å²) in [5.74, 6) is -0.147. The Bertz CT molecular complexity index is 477. The standard InChI is InChI=1S/C14H16FNS/c1-10(2)16-8-11-3-4-13(14(15)7-11)12-5-6-17-9-12/h3-7,9-10,16H,8H2,1-2H3. The summed E-state index contributed by atoms with van der Waals surface area (Å²) in [4.78, 5) is 0. The van der Waals surface area contributed by atoms with E-state index in [1.165, 1.54) is 0 Å². The molecule has 1 nitrogen and oxygen atoms in total. The van der Waals surface area contributed by atoms with Crippen LogP contribution in [0.3, 0.4) is 0 Å². The zero-order chi connectivity index (χ0) is 12.3. The number of hydrogen-bond donors (Lipinski definition) is 1. The van der Waals surface area contributed by atoms with Crippen molar-refractivity contribution in [1.82, 2.24) is 5.32 Å². The van der Waals surface area contributed by atoms with E-state index in [0.29, 0.717) is 18.2 Å². The Morgan fingerprint density at radius 2 is 2.12 bits per heavy atom. The lowest BCUT2D eigenvalue weighted by atomic mass is 10.1. The van der Waals surface area contributed by atoms with Gasteiger partial charge in [0, 0.05) is 18.2 Å². The average molecular weight is 249 g/mol. The fourth-order valence-electron chi connectivity index (χ4n) is 1.64. The highest BCUT2D eigenvalue weighted by Crippen LogP contribution is 2.25. The molecule has 0 atom stereocenters. The molecule has 2 rings (SSSR count).